The molecule has 6 nitrogen and oxygen atoms in total. The molecule has 0 saturated carbocycles. The monoisotopic (exact) mass is 360 g/mol. The molecule has 6 heteroatoms. The fourth-order valence-corrected chi connectivity index (χ4v) is 3.83. The molecule has 0 aliphatic carbocycles. The summed E-state index contributed by atoms with van der Waals surface area (Å²) in [5, 5.41) is 0. The molecule has 0 N–H and O–H groups in total. The first-order chi connectivity index (χ1) is 12.3. The van der Waals surface area contributed by atoms with E-state index in [0.717, 1.165) is 25.5 Å². The molecule has 1 amide bonds. The molecule has 2 aliphatic rings. The zero-order valence-electron chi connectivity index (χ0n) is 16.6. The third-order valence-electron chi connectivity index (χ3n) is 5.18. The molecule has 0 aromatic carbocycles. The number of hydrogen-bond acceptors (Lipinski definition) is 5. The van der Waals surface area contributed by atoms with Crippen LogP contribution < -0.4 is 4.90 Å². The number of anilines is 1. The highest BCUT2D eigenvalue weighted by molar-refractivity contribution is 5.68. The van der Waals surface area contributed by atoms with Crippen molar-refractivity contribution in [3.63, 3.8) is 0 Å². The highest BCUT2D eigenvalue weighted by Gasteiger charge is 2.29. The van der Waals surface area contributed by atoms with Gasteiger partial charge in [-0.05, 0) is 53.3 Å². The fraction of sp³-hybridized carbons (Fsp3) is 0.700. The number of piperazine rings is 1. The molecule has 3 rings (SSSR count). The quantitative estimate of drug-likeness (QED) is 0.810. The molecule has 1 aromatic rings. The van der Waals surface area contributed by atoms with Crippen molar-refractivity contribution < 1.29 is 9.53 Å². The SMILES string of the molecule is CN1CCCC[C@H]1c1cccnc1N1CCN(C(=O)OC(C)(C)C)CC1. The zero-order chi connectivity index (χ0) is 18.7. The number of aromatic nitrogens is 1. The molecular formula is C20H32N4O2. The minimum Gasteiger partial charge on any atom is -0.444 e. The molecule has 2 aliphatic heterocycles. The molecule has 0 bridgehead atoms. The van der Waals surface area contributed by atoms with Crippen LogP contribution in [0.1, 0.15) is 51.6 Å². The second-order valence-corrected chi connectivity index (χ2v) is 8.36. The van der Waals surface area contributed by atoms with E-state index >= 15 is 0 Å². The summed E-state index contributed by atoms with van der Waals surface area (Å²) in [6.45, 7) is 9.79. The van der Waals surface area contributed by atoms with E-state index in [0.29, 0.717) is 19.1 Å². The summed E-state index contributed by atoms with van der Waals surface area (Å²) in [5.74, 6) is 1.08. The molecule has 1 aromatic heterocycles. The van der Waals surface area contributed by atoms with Crippen molar-refractivity contribution in [3.8, 4) is 0 Å². The summed E-state index contributed by atoms with van der Waals surface area (Å²) in [7, 11) is 2.21. The number of amides is 1. The summed E-state index contributed by atoms with van der Waals surface area (Å²) < 4.78 is 5.50. The lowest BCUT2D eigenvalue weighted by Gasteiger charge is -2.39. The minimum atomic E-state index is -0.450. The number of likely N-dealkylation sites (tertiary alicyclic amines) is 1. The van der Waals surface area contributed by atoms with Crippen LogP contribution in [0.4, 0.5) is 10.6 Å². The van der Waals surface area contributed by atoms with Gasteiger partial charge in [-0.15, -0.1) is 0 Å². The van der Waals surface area contributed by atoms with Gasteiger partial charge in [0.1, 0.15) is 11.4 Å². The number of carbonyl (C=O) groups excluding carboxylic acids is 1. The smallest absolute Gasteiger partial charge is 0.410 e. The highest BCUT2D eigenvalue weighted by atomic mass is 16.6. The van der Waals surface area contributed by atoms with Gasteiger partial charge in [-0.25, -0.2) is 9.78 Å². The van der Waals surface area contributed by atoms with Crippen LogP contribution in [-0.2, 0) is 4.74 Å². The van der Waals surface area contributed by atoms with Gasteiger partial charge in [0.15, 0.2) is 0 Å². The maximum atomic E-state index is 12.3. The van der Waals surface area contributed by atoms with Crippen LogP contribution in [0.5, 0.6) is 0 Å². The second-order valence-electron chi connectivity index (χ2n) is 8.36. The summed E-state index contributed by atoms with van der Waals surface area (Å²) in [6, 6.07) is 4.70. The Morgan fingerprint density at radius 3 is 2.54 bits per heavy atom. The van der Waals surface area contributed by atoms with Crippen LogP contribution in [0.3, 0.4) is 0 Å². The van der Waals surface area contributed by atoms with Gasteiger partial charge >= 0.3 is 6.09 Å². The maximum Gasteiger partial charge on any atom is 0.410 e. The van der Waals surface area contributed by atoms with E-state index in [4.69, 9.17) is 9.72 Å². The zero-order valence-corrected chi connectivity index (χ0v) is 16.6. The average molecular weight is 361 g/mol. The Morgan fingerprint density at radius 1 is 1.15 bits per heavy atom. The van der Waals surface area contributed by atoms with Crippen LogP contribution in [0.15, 0.2) is 18.3 Å². The van der Waals surface area contributed by atoms with Crippen molar-refractivity contribution in [1.29, 1.82) is 0 Å². The van der Waals surface area contributed by atoms with Gasteiger partial charge < -0.3 is 14.5 Å². The van der Waals surface area contributed by atoms with Gasteiger partial charge in [0.2, 0.25) is 0 Å². The Hall–Kier alpha value is -1.82. The van der Waals surface area contributed by atoms with Crippen molar-refractivity contribution in [1.82, 2.24) is 14.8 Å². The van der Waals surface area contributed by atoms with Crippen LogP contribution in [0, 0.1) is 0 Å². The van der Waals surface area contributed by atoms with Gasteiger partial charge in [-0.3, -0.25) is 4.90 Å². The molecule has 0 spiro atoms. The molecular weight excluding hydrogens is 328 g/mol. The molecule has 0 unspecified atom stereocenters. The van der Waals surface area contributed by atoms with Gasteiger partial charge in [0.25, 0.3) is 0 Å². The number of ether oxygens (including phenoxy) is 1. The Labute approximate surface area is 157 Å². The van der Waals surface area contributed by atoms with Crippen LogP contribution >= 0.6 is 0 Å². The van der Waals surface area contributed by atoms with E-state index in [1.54, 1.807) is 4.90 Å². The van der Waals surface area contributed by atoms with Crippen molar-refractivity contribution in [2.75, 3.05) is 44.7 Å². The van der Waals surface area contributed by atoms with Crippen molar-refractivity contribution in [2.24, 2.45) is 0 Å². The number of hydrogen-bond donors (Lipinski definition) is 0. The first kappa shape index (κ1) is 19.0. The Bertz CT molecular complexity index is 620. The lowest BCUT2D eigenvalue weighted by atomic mass is 9.96. The first-order valence-corrected chi connectivity index (χ1v) is 9.73. The Balaban J connectivity index is 1.67. The largest absolute Gasteiger partial charge is 0.444 e. The lowest BCUT2D eigenvalue weighted by Crippen LogP contribution is -2.50. The number of rotatable bonds is 2. The molecule has 3 heterocycles. The van der Waals surface area contributed by atoms with Crippen LogP contribution in [0.25, 0.3) is 0 Å². The van der Waals surface area contributed by atoms with E-state index in [9.17, 15) is 4.79 Å². The molecule has 2 saturated heterocycles. The number of piperidine rings is 1. The number of pyridine rings is 1. The minimum absolute atomic E-state index is 0.217. The predicted molar refractivity (Wildman–Crippen MR) is 103 cm³/mol. The van der Waals surface area contributed by atoms with Crippen LogP contribution in [-0.4, -0.2) is 66.2 Å². The summed E-state index contributed by atoms with van der Waals surface area (Å²) in [5.41, 5.74) is 0.869. The van der Waals surface area contributed by atoms with E-state index in [1.807, 2.05) is 33.0 Å². The second kappa shape index (κ2) is 7.82. The van der Waals surface area contributed by atoms with E-state index in [2.05, 4.69) is 22.9 Å². The molecule has 26 heavy (non-hydrogen) atoms. The average Bonchev–Trinajstić information content (AvgIpc) is 2.61. The van der Waals surface area contributed by atoms with Gasteiger partial charge in [-0.2, -0.15) is 0 Å². The molecule has 0 radical (unpaired) electrons. The third-order valence-corrected chi connectivity index (χ3v) is 5.18. The Morgan fingerprint density at radius 2 is 1.88 bits per heavy atom. The maximum absolute atomic E-state index is 12.3. The summed E-state index contributed by atoms with van der Waals surface area (Å²) >= 11 is 0. The van der Waals surface area contributed by atoms with Gasteiger partial charge in [0, 0.05) is 44.0 Å². The summed E-state index contributed by atoms with van der Waals surface area (Å²) in [4.78, 5) is 23.5. The third kappa shape index (κ3) is 4.47. The normalized spacial score (nSPS) is 22.4. The topological polar surface area (TPSA) is 48.9 Å². The number of carbonyl (C=O) groups is 1. The number of nitrogens with zero attached hydrogens (tertiary/aromatic N) is 4. The lowest BCUT2D eigenvalue weighted by molar-refractivity contribution is 0.0240. The molecule has 144 valence electrons. The van der Waals surface area contributed by atoms with Crippen molar-refractivity contribution in [2.45, 2.75) is 51.7 Å². The summed E-state index contributed by atoms with van der Waals surface area (Å²) in [6.07, 6.45) is 5.40. The van der Waals surface area contributed by atoms with Crippen molar-refractivity contribution in [3.05, 3.63) is 23.9 Å². The highest BCUT2D eigenvalue weighted by Crippen LogP contribution is 2.34. The standard InChI is InChI=1S/C20H32N4O2/c1-20(2,3)26-19(25)24-14-12-23(13-15-24)18-16(8-7-10-21-18)17-9-5-6-11-22(17)4/h7-8,10,17H,5-6,9,11-15H2,1-4H3/t17-/m0/s1. The van der Waals surface area contributed by atoms with Gasteiger partial charge in [-0.1, -0.05) is 12.5 Å². The van der Waals surface area contributed by atoms with E-state index < -0.39 is 5.60 Å². The predicted octanol–water partition coefficient (Wildman–Crippen LogP) is 3.30. The van der Waals surface area contributed by atoms with Crippen molar-refractivity contribution >= 4 is 11.9 Å². The van der Waals surface area contributed by atoms with E-state index in [-0.39, 0.29) is 6.09 Å². The molecule has 2 fully saturated rings. The Kier molecular flexibility index (Phi) is 5.70. The molecule has 1 atom stereocenters. The van der Waals surface area contributed by atoms with Gasteiger partial charge in [0.05, 0.1) is 0 Å². The first-order valence-electron chi connectivity index (χ1n) is 9.73. The van der Waals surface area contributed by atoms with Crippen LogP contribution in [0.2, 0.25) is 0 Å². The fourth-order valence-electron chi connectivity index (χ4n) is 3.83. The van der Waals surface area contributed by atoms with E-state index in [1.165, 1.54) is 24.8 Å².